The summed E-state index contributed by atoms with van der Waals surface area (Å²) in [5, 5.41) is 2.86. The molecular formula is C22H20N4O3S. The second-order valence-corrected chi connectivity index (χ2v) is 7.69. The lowest BCUT2D eigenvalue weighted by Crippen LogP contribution is -2.39. The Morgan fingerprint density at radius 3 is 2.73 bits per heavy atom. The first-order valence-corrected chi connectivity index (χ1v) is 10.7. The summed E-state index contributed by atoms with van der Waals surface area (Å²) in [6.45, 7) is 0.719. The number of benzene rings is 1. The van der Waals surface area contributed by atoms with Crippen molar-refractivity contribution in [1.29, 1.82) is 0 Å². The lowest BCUT2D eigenvalue weighted by molar-refractivity contribution is 0.0728. The van der Waals surface area contributed by atoms with Crippen molar-refractivity contribution in [3.8, 4) is 0 Å². The van der Waals surface area contributed by atoms with E-state index in [1.54, 1.807) is 41.6 Å². The van der Waals surface area contributed by atoms with Crippen molar-refractivity contribution in [3.63, 3.8) is 0 Å². The van der Waals surface area contributed by atoms with E-state index in [2.05, 4.69) is 15.3 Å². The van der Waals surface area contributed by atoms with Gasteiger partial charge in [-0.2, -0.15) is 0 Å². The Bertz CT molecular complexity index is 1160. The van der Waals surface area contributed by atoms with Crippen molar-refractivity contribution in [2.45, 2.75) is 17.9 Å². The Balaban J connectivity index is 1.61. The molecule has 1 aliphatic rings. The molecule has 0 unspecified atom stereocenters. The zero-order valence-electron chi connectivity index (χ0n) is 16.3. The van der Waals surface area contributed by atoms with Gasteiger partial charge < -0.3 is 15.2 Å². The molecule has 3 heterocycles. The van der Waals surface area contributed by atoms with Gasteiger partial charge in [-0.15, -0.1) is 11.8 Å². The zero-order valence-corrected chi connectivity index (χ0v) is 17.2. The molecule has 0 bridgehead atoms. The van der Waals surface area contributed by atoms with Crippen LogP contribution in [0.25, 0.3) is 0 Å². The zero-order chi connectivity index (χ0) is 21.1. The topological polar surface area (TPSA) is 95.2 Å². The first kappa shape index (κ1) is 19.9. The molecule has 7 nitrogen and oxygen atoms in total. The summed E-state index contributed by atoms with van der Waals surface area (Å²) in [5.74, 6) is -0.619. The van der Waals surface area contributed by atoms with E-state index in [4.69, 9.17) is 0 Å². The molecule has 0 saturated carbocycles. The lowest BCUT2D eigenvalue weighted by Gasteiger charge is -2.29. The number of amides is 2. The van der Waals surface area contributed by atoms with Crippen LogP contribution in [0.15, 0.2) is 64.5 Å². The second-order valence-electron chi connectivity index (χ2n) is 6.84. The number of para-hydroxylation sites is 1. The summed E-state index contributed by atoms with van der Waals surface area (Å²) in [6, 6.07) is 12.6. The van der Waals surface area contributed by atoms with E-state index in [0.717, 1.165) is 10.5 Å². The molecule has 0 fully saturated rings. The SMILES string of the molecule is CSc1ccccc1NC(=O)c1c2c(c[nH]c1=O)CN(C(=O)c1ccccn1)CC2. The monoisotopic (exact) mass is 420 g/mol. The number of nitrogens with zero attached hydrogens (tertiary/aromatic N) is 2. The quantitative estimate of drug-likeness (QED) is 0.633. The van der Waals surface area contributed by atoms with Crippen molar-refractivity contribution in [1.82, 2.24) is 14.9 Å². The van der Waals surface area contributed by atoms with Crippen LogP contribution in [0.5, 0.6) is 0 Å². The highest BCUT2D eigenvalue weighted by Crippen LogP contribution is 2.26. The molecule has 0 saturated heterocycles. The van der Waals surface area contributed by atoms with Crippen LogP contribution < -0.4 is 10.9 Å². The maximum absolute atomic E-state index is 13.0. The Hall–Kier alpha value is -3.39. The van der Waals surface area contributed by atoms with Crippen molar-refractivity contribution < 1.29 is 9.59 Å². The highest BCUT2D eigenvalue weighted by atomic mass is 32.2. The normalized spacial score (nSPS) is 12.9. The number of nitrogens with one attached hydrogen (secondary N) is 2. The third kappa shape index (κ3) is 3.86. The molecule has 0 spiro atoms. The summed E-state index contributed by atoms with van der Waals surface area (Å²) in [5.41, 5.74) is 2.15. The molecule has 30 heavy (non-hydrogen) atoms. The van der Waals surface area contributed by atoms with Crippen molar-refractivity contribution in [2.24, 2.45) is 0 Å². The van der Waals surface area contributed by atoms with Gasteiger partial charge in [0.2, 0.25) is 0 Å². The number of aromatic nitrogens is 2. The van der Waals surface area contributed by atoms with Crippen LogP contribution in [0.2, 0.25) is 0 Å². The van der Waals surface area contributed by atoms with Crippen LogP contribution in [-0.4, -0.2) is 39.5 Å². The average molecular weight is 420 g/mol. The summed E-state index contributed by atoms with van der Waals surface area (Å²) >= 11 is 1.52. The number of pyridine rings is 2. The van der Waals surface area contributed by atoms with Crippen LogP contribution in [-0.2, 0) is 13.0 Å². The van der Waals surface area contributed by atoms with Crippen LogP contribution in [0.4, 0.5) is 5.69 Å². The number of hydrogen-bond acceptors (Lipinski definition) is 5. The van der Waals surface area contributed by atoms with Crippen LogP contribution >= 0.6 is 11.8 Å². The minimum Gasteiger partial charge on any atom is -0.333 e. The smallest absolute Gasteiger partial charge is 0.272 e. The number of rotatable bonds is 4. The number of aromatic amines is 1. The van der Waals surface area contributed by atoms with Crippen molar-refractivity contribution in [2.75, 3.05) is 18.1 Å². The van der Waals surface area contributed by atoms with E-state index >= 15 is 0 Å². The maximum Gasteiger partial charge on any atom is 0.272 e. The van der Waals surface area contributed by atoms with Gasteiger partial charge >= 0.3 is 0 Å². The molecule has 2 N–H and O–H groups in total. The predicted octanol–water partition coefficient (Wildman–Crippen LogP) is 2.94. The number of thioether (sulfide) groups is 1. The summed E-state index contributed by atoms with van der Waals surface area (Å²) in [4.78, 5) is 47.6. The highest BCUT2D eigenvalue weighted by molar-refractivity contribution is 7.98. The summed E-state index contributed by atoms with van der Waals surface area (Å²) in [6.07, 6.45) is 5.51. The predicted molar refractivity (Wildman–Crippen MR) is 116 cm³/mol. The molecule has 1 aromatic carbocycles. The van der Waals surface area contributed by atoms with Gasteiger partial charge in [0.15, 0.2) is 0 Å². The standard InChI is InChI=1S/C22H20N4O3S/c1-30-18-8-3-2-6-16(18)25-21(28)19-15-9-11-26(13-14(15)12-24-20(19)27)22(29)17-7-4-5-10-23-17/h2-8,10,12H,9,11,13H2,1H3,(H,24,27)(H,25,28). The first-order chi connectivity index (χ1) is 14.6. The third-order valence-electron chi connectivity index (χ3n) is 5.04. The fraction of sp³-hybridized carbons (Fsp3) is 0.182. The Kier molecular flexibility index (Phi) is 5.67. The molecule has 4 rings (SSSR count). The Morgan fingerprint density at radius 1 is 1.17 bits per heavy atom. The van der Waals surface area contributed by atoms with Crippen molar-refractivity contribution in [3.05, 3.63) is 87.6 Å². The van der Waals surface area contributed by atoms with Gasteiger partial charge in [-0.25, -0.2) is 0 Å². The Labute approximate surface area is 177 Å². The highest BCUT2D eigenvalue weighted by Gasteiger charge is 2.27. The van der Waals surface area contributed by atoms with Gasteiger partial charge in [-0.3, -0.25) is 19.4 Å². The summed E-state index contributed by atoms with van der Waals surface area (Å²) < 4.78 is 0. The van der Waals surface area contributed by atoms with E-state index < -0.39 is 11.5 Å². The minimum absolute atomic E-state index is 0.105. The van der Waals surface area contributed by atoms with Crippen LogP contribution in [0.3, 0.4) is 0 Å². The first-order valence-electron chi connectivity index (χ1n) is 9.46. The van der Waals surface area contributed by atoms with Gasteiger partial charge in [0, 0.05) is 30.4 Å². The average Bonchev–Trinajstić information content (AvgIpc) is 2.79. The third-order valence-corrected chi connectivity index (χ3v) is 5.84. The number of H-pyrrole nitrogens is 1. The van der Waals surface area contributed by atoms with Gasteiger partial charge in [0.1, 0.15) is 11.3 Å². The molecule has 0 radical (unpaired) electrons. The second kappa shape index (κ2) is 8.54. The molecule has 2 aromatic heterocycles. The lowest BCUT2D eigenvalue weighted by atomic mass is 9.96. The van der Waals surface area contributed by atoms with Gasteiger partial charge in [-0.05, 0) is 48.1 Å². The van der Waals surface area contributed by atoms with Gasteiger partial charge in [-0.1, -0.05) is 18.2 Å². The number of carbonyl (C=O) groups excluding carboxylic acids is 2. The molecule has 1 aliphatic heterocycles. The number of fused-ring (bicyclic) bond motifs is 1. The molecule has 2 amide bonds. The molecule has 0 aliphatic carbocycles. The Morgan fingerprint density at radius 2 is 1.97 bits per heavy atom. The van der Waals surface area contributed by atoms with Crippen molar-refractivity contribution >= 4 is 29.3 Å². The molecule has 152 valence electrons. The van der Waals surface area contributed by atoms with Crippen LogP contribution in [0, 0.1) is 0 Å². The van der Waals surface area contributed by atoms with Crippen LogP contribution in [0.1, 0.15) is 32.0 Å². The van der Waals surface area contributed by atoms with E-state index in [9.17, 15) is 14.4 Å². The number of hydrogen-bond donors (Lipinski definition) is 2. The summed E-state index contributed by atoms with van der Waals surface area (Å²) in [7, 11) is 0. The number of anilines is 1. The van der Waals surface area contributed by atoms with E-state index in [1.807, 2.05) is 24.5 Å². The molecule has 0 atom stereocenters. The fourth-order valence-corrected chi connectivity index (χ4v) is 4.12. The minimum atomic E-state index is -0.445. The fourth-order valence-electron chi connectivity index (χ4n) is 3.57. The number of carbonyl (C=O) groups is 2. The molecule has 3 aromatic rings. The maximum atomic E-state index is 13.0. The molecule has 8 heteroatoms. The van der Waals surface area contributed by atoms with Gasteiger partial charge in [0.25, 0.3) is 17.4 Å². The molecular weight excluding hydrogens is 400 g/mol. The van der Waals surface area contributed by atoms with E-state index in [-0.39, 0.29) is 11.5 Å². The van der Waals surface area contributed by atoms with E-state index in [1.165, 1.54) is 11.8 Å². The van der Waals surface area contributed by atoms with E-state index in [0.29, 0.717) is 36.5 Å². The van der Waals surface area contributed by atoms with Gasteiger partial charge in [0.05, 0.1) is 5.69 Å². The largest absolute Gasteiger partial charge is 0.333 e.